The van der Waals surface area contributed by atoms with Gasteiger partial charge in [0.1, 0.15) is 0 Å². The van der Waals surface area contributed by atoms with Crippen LogP contribution in [0.4, 0.5) is 11.4 Å². The summed E-state index contributed by atoms with van der Waals surface area (Å²) in [5, 5.41) is 0. The van der Waals surface area contributed by atoms with Gasteiger partial charge in [0, 0.05) is 18.7 Å². The smallest absolute Gasteiger partial charge is 0.0682 e. The van der Waals surface area contributed by atoms with Crippen molar-refractivity contribution in [1.29, 1.82) is 0 Å². The summed E-state index contributed by atoms with van der Waals surface area (Å²) in [4.78, 5) is 2.34. The second-order valence-corrected chi connectivity index (χ2v) is 4.41. The molecule has 3 rings (SSSR count). The van der Waals surface area contributed by atoms with Crippen LogP contribution >= 0.6 is 0 Å². The number of hydrogen-bond donors (Lipinski definition) is 1. The van der Waals surface area contributed by atoms with E-state index in [0.717, 1.165) is 18.8 Å². The molecule has 0 fully saturated rings. The first-order valence-corrected chi connectivity index (χ1v) is 6.03. The molecular formula is C15H16N2. The molecule has 0 radical (unpaired) electrons. The lowest BCUT2D eigenvalue weighted by Gasteiger charge is -2.33. The van der Waals surface area contributed by atoms with Gasteiger partial charge >= 0.3 is 0 Å². The summed E-state index contributed by atoms with van der Waals surface area (Å²) in [6.07, 6.45) is 0. The van der Waals surface area contributed by atoms with Gasteiger partial charge in [-0.2, -0.15) is 0 Å². The van der Waals surface area contributed by atoms with Gasteiger partial charge in [0.05, 0.1) is 11.4 Å². The minimum Gasteiger partial charge on any atom is -0.397 e. The summed E-state index contributed by atoms with van der Waals surface area (Å²) < 4.78 is 0. The first kappa shape index (κ1) is 10.2. The molecule has 2 nitrogen and oxygen atoms in total. The van der Waals surface area contributed by atoms with Crippen LogP contribution in [0.2, 0.25) is 0 Å². The maximum Gasteiger partial charge on any atom is 0.0682 e. The number of rotatable bonds is 1. The van der Waals surface area contributed by atoms with E-state index in [2.05, 4.69) is 42.2 Å². The molecule has 2 aromatic rings. The van der Waals surface area contributed by atoms with Crippen LogP contribution in [0.15, 0.2) is 42.5 Å². The number of nitrogens with two attached hydrogens (primary N) is 1. The van der Waals surface area contributed by atoms with Crippen molar-refractivity contribution in [1.82, 2.24) is 0 Å². The molecule has 0 aromatic heterocycles. The topological polar surface area (TPSA) is 29.3 Å². The van der Waals surface area contributed by atoms with Gasteiger partial charge in [-0.05, 0) is 24.1 Å². The predicted molar refractivity (Wildman–Crippen MR) is 73.0 cm³/mol. The lowest BCUT2D eigenvalue weighted by Crippen LogP contribution is -2.27. The largest absolute Gasteiger partial charge is 0.397 e. The third kappa shape index (κ3) is 1.48. The molecule has 1 aliphatic rings. The highest BCUT2D eigenvalue weighted by Crippen LogP contribution is 2.41. The highest BCUT2D eigenvalue weighted by Gasteiger charge is 2.22. The van der Waals surface area contributed by atoms with Crippen LogP contribution in [0.25, 0.3) is 11.1 Å². The minimum atomic E-state index is 0.874. The van der Waals surface area contributed by atoms with Crippen molar-refractivity contribution < 1.29 is 0 Å². The van der Waals surface area contributed by atoms with E-state index in [4.69, 9.17) is 5.73 Å². The fourth-order valence-corrected chi connectivity index (χ4v) is 2.61. The van der Waals surface area contributed by atoms with Crippen molar-refractivity contribution >= 4 is 11.4 Å². The average Bonchev–Trinajstić information content (AvgIpc) is 2.38. The van der Waals surface area contributed by atoms with Crippen LogP contribution in [-0.4, -0.2) is 6.54 Å². The van der Waals surface area contributed by atoms with Gasteiger partial charge in [-0.15, -0.1) is 0 Å². The zero-order valence-corrected chi connectivity index (χ0v) is 9.98. The minimum absolute atomic E-state index is 0.874. The van der Waals surface area contributed by atoms with Crippen molar-refractivity contribution in [2.75, 3.05) is 17.2 Å². The van der Waals surface area contributed by atoms with E-state index >= 15 is 0 Å². The fraction of sp³-hybridized carbons (Fsp3) is 0.200. The van der Waals surface area contributed by atoms with Crippen LogP contribution in [0.3, 0.4) is 0 Å². The molecule has 2 heteroatoms. The summed E-state index contributed by atoms with van der Waals surface area (Å²) in [6.45, 7) is 4.10. The van der Waals surface area contributed by atoms with Crippen molar-refractivity contribution in [3.05, 3.63) is 48.0 Å². The number of anilines is 2. The lowest BCUT2D eigenvalue weighted by atomic mass is 9.93. The molecular weight excluding hydrogens is 208 g/mol. The Bertz CT molecular complexity index is 561. The highest BCUT2D eigenvalue weighted by molar-refractivity contribution is 5.90. The van der Waals surface area contributed by atoms with E-state index in [1.54, 1.807) is 0 Å². The molecule has 1 heterocycles. The van der Waals surface area contributed by atoms with Gasteiger partial charge in [-0.25, -0.2) is 0 Å². The molecule has 17 heavy (non-hydrogen) atoms. The molecule has 0 spiro atoms. The van der Waals surface area contributed by atoms with Gasteiger partial charge in [-0.3, -0.25) is 0 Å². The standard InChI is InChI=1S/C15H16N2/c1-2-17-10-11-6-3-4-7-12(11)13-8-5-9-14(16)15(13)17/h3-9H,2,10,16H2,1H3. The molecule has 0 saturated carbocycles. The molecule has 0 atom stereocenters. The number of nitrogen functional groups attached to an aromatic ring is 1. The Morgan fingerprint density at radius 3 is 2.65 bits per heavy atom. The molecule has 86 valence electrons. The summed E-state index contributed by atoms with van der Waals surface area (Å²) in [7, 11) is 0. The maximum absolute atomic E-state index is 6.12. The quantitative estimate of drug-likeness (QED) is 0.753. The Hall–Kier alpha value is -1.96. The zero-order valence-electron chi connectivity index (χ0n) is 9.98. The third-order valence-electron chi connectivity index (χ3n) is 3.43. The van der Waals surface area contributed by atoms with E-state index in [0.29, 0.717) is 0 Å². The molecule has 1 aliphatic heterocycles. The zero-order chi connectivity index (χ0) is 11.8. The Labute approximate surface area is 102 Å². The molecule has 0 unspecified atom stereocenters. The molecule has 0 bridgehead atoms. The van der Waals surface area contributed by atoms with Crippen molar-refractivity contribution in [2.45, 2.75) is 13.5 Å². The monoisotopic (exact) mass is 224 g/mol. The lowest BCUT2D eigenvalue weighted by molar-refractivity contribution is 0.825. The maximum atomic E-state index is 6.12. The Morgan fingerprint density at radius 1 is 1.06 bits per heavy atom. The molecule has 0 amide bonds. The Balaban J connectivity index is 2.29. The van der Waals surface area contributed by atoms with Crippen molar-refractivity contribution in [3.63, 3.8) is 0 Å². The van der Waals surface area contributed by atoms with Gasteiger partial charge in [0.25, 0.3) is 0 Å². The number of benzene rings is 2. The summed E-state index contributed by atoms with van der Waals surface area (Å²) in [6, 6.07) is 14.7. The van der Waals surface area contributed by atoms with E-state index < -0.39 is 0 Å². The van der Waals surface area contributed by atoms with Crippen molar-refractivity contribution in [3.8, 4) is 11.1 Å². The molecule has 2 N–H and O–H groups in total. The predicted octanol–water partition coefficient (Wildman–Crippen LogP) is 3.28. The number of fused-ring (bicyclic) bond motifs is 3. The van der Waals surface area contributed by atoms with Crippen LogP contribution < -0.4 is 10.6 Å². The first-order valence-electron chi connectivity index (χ1n) is 6.03. The van der Waals surface area contributed by atoms with Crippen LogP contribution in [0, 0.1) is 0 Å². The second kappa shape index (κ2) is 3.81. The van der Waals surface area contributed by atoms with Crippen molar-refractivity contribution in [2.24, 2.45) is 0 Å². The number of para-hydroxylation sites is 1. The van der Waals surface area contributed by atoms with Crippen LogP contribution in [0.5, 0.6) is 0 Å². The second-order valence-electron chi connectivity index (χ2n) is 4.41. The normalized spacial score (nSPS) is 13.1. The number of nitrogens with zero attached hydrogens (tertiary/aromatic N) is 1. The van der Waals surface area contributed by atoms with Crippen LogP contribution in [-0.2, 0) is 6.54 Å². The van der Waals surface area contributed by atoms with E-state index in [1.807, 2.05) is 12.1 Å². The fourth-order valence-electron chi connectivity index (χ4n) is 2.61. The number of hydrogen-bond acceptors (Lipinski definition) is 2. The van der Waals surface area contributed by atoms with E-state index in [-0.39, 0.29) is 0 Å². The first-order chi connectivity index (χ1) is 8.31. The average molecular weight is 224 g/mol. The van der Waals surface area contributed by atoms with Gasteiger partial charge < -0.3 is 10.6 Å². The van der Waals surface area contributed by atoms with Gasteiger partial charge in [0.2, 0.25) is 0 Å². The summed E-state index contributed by atoms with van der Waals surface area (Å²) >= 11 is 0. The molecule has 0 saturated heterocycles. The Morgan fingerprint density at radius 2 is 1.82 bits per heavy atom. The molecule has 2 aromatic carbocycles. The summed E-state index contributed by atoms with van der Waals surface area (Å²) in [5.74, 6) is 0. The highest BCUT2D eigenvalue weighted by atomic mass is 15.1. The van der Waals surface area contributed by atoms with E-state index in [1.165, 1.54) is 22.4 Å². The Kier molecular flexibility index (Phi) is 2.29. The van der Waals surface area contributed by atoms with E-state index in [9.17, 15) is 0 Å². The SMILES string of the molecule is CCN1Cc2ccccc2-c2cccc(N)c21. The van der Waals surface area contributed by atoms with Gasteiger partial charge in [0.15, 0.2) is 0 Å². The third-order valence-corrected chi connectivity index (χ3v) is 3.43. The van der Waals surface area contributed by atoms with Crippen LogP contribution in [0.1, 0.15) is 12.5 Å². The summed E-state index contributed by atoms with van der Waals surface area (Å²) in [5.41, 5.74) is 12.1. The molecule has 0 aliphatic carbocycles. The van der Waals surface area contributed by atoms with Gasteiger partial charge in [-0.1, -0.05) is 36.4 Å².